The Balaban J connectivity index is 1.73. The molecule has 0 aliphatic heterocycles. The molecule has 0 fully saturated rings. The van der Waals surface area contributed by atoms with Gasteiger partial charge in [-0.1, -0.05) is 78.4 Å². The maximum Gasteiger partial charge on any atom is 0.316 e. The van der Waals surface area contributed by atoms with E-state index in [4.69, 9.17) is 0 Å². The Hall–Kier alpha value is -3.40. The van der Waals surface area contributed by atoms with E-state index < -0.39 is 11.8 Å². The van der Waals surface area contributed by atoms with Gasteiger partial charge in [0.25, 0.3) is 0 Å². The summed E-state index contributed by atoms with van der Waals surface area (Å²) in [5.74, 6) is -1.19. The topological polar surface area (TPSA) is 49.4 Å². The largest absolute Gasteiger partial charge is 0.344 e. The molecular formula is C23H22N2O2. The van der Waals surface area contributed by atoms with Gasteiger partial charge in [-0.2, -0.15) is 0 Å². The van der Waals surface area contributed by atoms with Gasteiger partial charge in [-0.05, 0) is 30.2 Å². The first-order chi connectivity index (χ1) is 13.1. The highest BCUT2D eigenvalue weighted by Gasteiger charge is 2.23. The first-order valence-corrected chi connectivity index (χ1v) is 8.88. The van der Waals surface area contributed by atoms with Crippen molar-refractivity contribution in [3.05, 3.63) is 102 Å². The molecule has 0 spiro atoms. The standard InChI is InChI=1S/C23H22N2O2/c1-18-12-14-19(15-13-18)16-24-22(26)23(27)25(21-10-6-3-7-11-21)17-20-8-4-2-5-9-20/h2-15H,16-17H2,1H3,(H,24,26). The zero-order valence-corrected chi connectivity index (χ0v) is 15.3. The summed E-state index contributed by atoms with van der Waals surface area (Å²) in [5, 5.41) is 2.72. The molecule has 4 nitrogen and oxygen atoms in total. The van der Waals surface area contributed by atoms with E-state index in [2.05, 4.69) is 5.32 Å². The normalized spacial score (nSPS) is 10.3. The molecule has 0 bridgehead atoms. The summed E-state index contributed by atoms with van der Waals surface area (Å²) < 4.78 is 0. The maximum atomic E-state index is 12.8. The van der Waals surface area contributed by atoms with Crippen molar-refractivity contribution in [3.63, 3.8) is 0 Å². The van der Waals surface area contributed by atoms with Crippen molar-refractivity contribution in [1.29, 1.82) is 0 Å². The molecule has 0 aliphatic carbocycles. The molecule has 0 aliphatic rings. The number of carbonyl (C=O) groups is 2. The van der Waals surface area contributed by atoms with E-state index in [-0.39, 0.29) is 0 Å². The first-order valence-electron chi connectivity index (χ1n) is 8.88. The second kappa shape index (κ2) is 8.81. The summed E-state index contributed by atoms with van der Waals surface area (Å²) in [4.78, 5) is 26.8. The lowest BCUT2D eigenvalue weighted by molar-refractivity contribution is -0.137. The summed E-state index contributed by atoms with van der Waals surface area (Å²) in [5.41, 5.74) is 3.76. The molecule has 0 aromatic heterocycles. The summed E-state index contributed by atoms with van der Waals surface area (Å²) >= 11 is 0. The van der Waals surface area contributed by atoms with E-state index in [0.29, 0.717) is 18.8 Å². The highest BCUT2D eigenvalue weighted by atomic mass is 16.2. The Labute approximate surface area is 159 Å². The second-order valence-electron chi connectivity index (χ2n) is 6.38. The van der Waals surface area contributed by atoms with Crippen LogP contribution in [0.15, 0.2) is 84.9 Å². The van der Waals surface area contributed by atoms with E-state index in [1.54, 1.807) is 0 Å². The number of carbonyl (C=O) groups excluding carboxylic acids is 2. The molecule has 0 unspecified atom stereocenters. The number of nitrogens with one attached hydrogen (secondary N) is 1. The zero-order chi connectivity index (χ0) is 19.1. The van der Waals surface area contributed by atoms with E-state index >= 15 is 0 Å². The van der Waals surface area contributed by atoms with Crippen molar-refractivity contribution < 1.29 is 9.59 Å². The average Bonchev–Trinajstić information content (AvgIpc) is 2.72. The molecule has 3 rings (SSSR count). The van der Waals surface area contributed by atoms with Gasteiger partial charge in [0.2, 0.25) is 0 Å². The van der Waals surface area contributed by atoms with Crippen LogP contribution in [0.3, 0.4) is 0 Å². The van der Waals surface area contributed by atoms with Gasteiger partial charge in [0.05, 0.1) is 6.54 Å². The van der Waals surface area contributed by atoms with Gasteiger partial charge in [-0.15, -0.1) is 0 Å². The van der Waals surface area contributed by atoms with E-state index in [1.165, 1.54) is 4.90 Å². The fourth-order valence-electron chi connectivity index (χ4n) is 2.74. The second-order valence-corrected chi connectivity index (χ2v) is 6.38. The van der Waals surface area contributed by atoms with Crippen LogP contribution in [0.5, 0.6) is 0 Å². The van der Waals surface area contributed by atoms with Crippen LogP contribution in [-0.4, -0.2) is 11.8 Å². The number of nitrogens with zero attached hydrogens (tertiary/aromatic N) is 1. The van der Waals surface area contributed by atoms with Crippen molar-refractivity contribution in [2.75, 3.05) is 4.90 Å². The van der Waals surface area contributed by atoms with E-state index in [0.717, 1.165) is 16.7 Å². The molecule has 0 saturated carbocycles. The Bertz CT molecular complexity index is 891. The zero-order valence-electron chi connectivity index (χ0n) is 15.3. The van der Waals surface area contributed by atoms with Crippen LogP contribution in [0.2, 0.25) is 0 Å². The van der Waals surface area contributed by atoms with Crippen LogP contribution in [-0.2, 0) is 22.7 Å². The molecule has 0 radical (unpaired) electrons. The van der Waals surface area contributed by atoms with Crippen LogP contribution >= 0.6 is 0 Å². The van der Waals surface area contributed by atoms with Gasteiger partial charge in [0.15, 0.2) is 0 Å². The van der Waals surface area contributed by atoms with E-state index in [9.17, 15) is 9.59 Å². The van der Waals surface area contributed by atoms with Gasteiger partial charge in [0, 0.05) is 12.2 Å². The molecule has 0 atom stereocenters. The number of hydrogen-bond donors (Lipinski definition) is 1. The molecule has 2 amide bonds. The first kappa shape index (κ1) is 18.4. The van der Waals surface area contributed by atoms with Crippen molar-refractivity contribution in [3.8, 4) is 0 Å². The van der Waals surface area contributed by atoms with Crippen LogP contribution in [0.4, 0.5) is 5.69 Å². The summed E-state index contributed by atoms with van der Waals surface area (Å²) in [7, 11) is 0. The SMILES string of the molecule is Cc1ccc(CNC(=O)C(=O)N(Cc2ccccc2)c2ccccc2)cc1. The highest BCUT2D eigenvalue weighted by Crippen LogP contribution is 2.17. The molecule has 136 valence electrons. The van der Waals surface area contributed by atoms with Crippen LogP contribution in [0.25, 0.3) is 0 Å². The average molecular weight is 358 g/mol. The lowest BCUT2D eigenvalue weighted by Crippen LogP contribution is -2.42. The number of benzene rings is 3. The van der Waals surface area contributed by atoms with Gasteiger partial charge in [-0.25, -0.2) is 0 Å². The van der Waals surface area contributed by atoms with Crippen molar-refractivity contribution in [2.24, 2.45) is 0 Å². The number of para-hydroxylation sites is 1. The monoisotopic (exact) mass is 358 g/mol. The Kier molecular flexibility index (Phi) is 6.00. The van der Waals surface area contributed by atoms with Gasteiger partial charge >= 0.3 is 11.8 Å². The smallest absolute Gasteiger partial charge is 0.316 e. The Morgan fingerprint density at radius 1 is 0.778 bits per heavy atom. The third-order valence-corrected chi connectivity index (χ3v) is 4.26. The highest BCUT2D eigenvalue weighted by molar-refractivity contribution is 6.40. The number of anilines is 1. The minimum Gasteiger partial charge on any atom is -0.344 e. The number of aryl methyl sites for hydroxylation is 1. The predicted molar refractivity (Wildman–Crippen MR) is 107 cm³/mol. The minimum atomic E-state index is -0.615. The minimum absolute atomic E-state index is 0.318. The van der Waals surface area contributed by atoms with Crippen LogP contribution < -0.4 is 10.2 Å². The molecule has 1 N–H and O–H groups in total. The molecule has 3 aromatic carbocycles. The molecule has 4 heteroatoms. The van der Waals surface area contributed by atoms with Gasteiger partial charge in [0.1, 0.15) is 0 Å². The fourth-order valence-corrected chi connectivity index (χ4v) is 2.74. The summed E-state index contributed by atoms with van der Waals surface area (Å²) in [6, 6.07) is 26.7. The van der Waals surface area contributed by atoms with Gasteiger partial charge in [-0.3, -0.25) is 14.5 Å². The Morgan fingerprint density at radius 3 is 2.00 bits per heavy atom. The summed E-state index contributed by atoms with van der Waals surface area (Å²) in [6.45, 7) is 2.66. The van der Waals surface area contributed by atoms with Crippen molar-refractivity contribution in [2.45, 2.75) is 20.0 Å². The van der Waals surface area contributed by atoms with Crippen LogP contribution in [0.1, 0.15) is 16.7 Å². The quantitative estimate of drug-likeness (QED) is 0.705. The van der Waals surface area contributed by atoms with Crippen molar-refractivity contribution >= 4 is 17.5 Å². The molecule has 0 heterocycles. The Morgan fingerprint density at radius 2 is 1.37 bits per heavy atom. The fraction of sp³-hybridized carbons (Fsp3) is 0.130. The molecule has 3 aromatic rings. The maximum absolute atomic E-state index is 12.8. The third-order valence-electron chi connectivity index (χ3n) is 4.26. The number of hydrogen-bond acceptors (Lipinski definition) is 2. The van der Waals surface area contributed by atoms with E-state index in [1.807, 2.05) is 91.9 Å². The lowest BCUT2D eigenvalue weighted by atomic mass is 10.1. The lowest BCUT2D eigenvalue weighted by Gasteiger charge is -2.22. The molecule has 27 heavy (non-hydrogen) atoms. The summed E-state index contributed by atoms with van der Waals surface area (Å²) in [6.07, 6.45) is 0. The predicted octanol–water partition coefficient (Wildman–Crippen LogP) is 3.84. The number of amides is 2. The number of rotatable bonds is 5. The molecule has 0 saturated heterocycles. The molecular weight excluding hydrogens is 336 g/mol. The van der Waals surface area contributed by atoms with Gasteiger partial charge < -0.3 is 5.32 Å². The van der Waals surface area contributed by atoms with Crippen LogP contribution in [0, 0.1) is 6.92 Å². The van der Waals surface area contributed by atoms with Crippen molar-refractivity contribution in [1.82, 2.24) is 5.32 Å². The third kappa shape index (κ3) is 5.05.